The summed E-state index contributed by atoms with van der Waals surface area (Å²) < 4.78 is 0. The fourth-order valence-electron chi connectivity index (χ4n) is 1.94. The van der Waals surface area contributed by atoms with Crippen molar-refractivity contribution in [3.8, 4) is 11.3 Å². The van der Waals surface area contributed by atoms with E-state index < -0.39 is 0 Å². The molecule has 1 atom stereocenters. The second-order valence-electron chi connectivity index (χ2n) is 4.68. The second kappa shape index (κ2) is 5.33. The number of benzene rings is 1. The third-order valence-corrected chi connectivity index (χ3v) is 4.83. The highest BCUT2D eigenvalue weighted by atomic mass is 35.5. The van der Waals surface area contributed by atoms with Crippen molar-refractivity contribution in [1.82, 2.24) is 10.4 Å². The first kappa shape index (κ1) is 14.4. The Kier molecular flexibility index (Phi) is 3.65. The normalized spacial score (nSPS) is 18.2. The lowest BCUT2D eigenvalue weighted by Crippen LogP contribution is -2.33. The van der Waals surface area contributed by atoms with Crippen LogP contribution in [0, 0.1) is 5.92 Å². The Morgan fingerprint density at radius 1 is 1.38 bits per heavy atom. The maximum atomic E-state index is 12.1. The number of carbonyl (C=O) groups is 1. The van der Waals surface area contributed by atoms with Gasteiger partial charge in [0.15, 0.2) is 0 Å². The van der Waals surface area contributed by atoms with Crippen LogP contribution in [0.25, 0.3) is 11.3 Å². The molecule has 0 radical (unpaired) electrons. The van der Waals surface area contributed by atoms with Gasteiger partial charge in [-0.05, 0) is 19.1 Å². The molecule has 1 saturated heterocycles. The molecule has 21 heavy (non-hydrogen) atoms. The van der Waals surface area contributed by atoms with Gasteiger partial charge in [-0.3, -0.25) is 10.2 Å². The van der Waals surface area contributed by atoms with Gasteiger partial charge in [0.25, 0.3) is 5.91 Å². The molecule has 1 N–H and O–H groups in total. The molecule has 0 spiro atoms. The highest BCUT2D eigenvalue weighted by Gasteiger charge is 2.33. The number of thiazole rings is 1. The second-order valence-corrected chi connectivity index (χ2v) is 6.33. The fourth-order valence-corrected chi connectivity index (χ4v) is 3.03. The maximum absolute atomic E-state index is 12.1. The number of hydrogen-bond donors (Lipinski definition) is 1. The van der Waals surface area contributed by atoms with E-state index in [1.807, 2.05) is 18.4 Å². The van der Waals surface area contributed by atoms with Crippen LogP contribution in [0.1, 0.15) is 6.92 Å². The molecule has 0 bridgehead atoms. The minimum absolute atomic E-state index is 0.0601. The van der Waals surface area contributed by atoms with Crippen molar-refractivity contribution in [2.75, 3.05) is 5.01 Å². The van der Waals surface area contributed by atoms with Crippen LogP contribution in [0.2, 0.25) is 10.0 Å². The molecular formula is C14H11Cl2N3OS. The molecule has 1 aliphatic heterocycles. The number of amides is 1. The Hall–Kier alpha value is -1.56. The largest absolute Gasteiger partial charge is 0.293 e. The molecule has 4 nitrogen and oxygen atoms in total. The van der Waals surface area contributed by atoms with Crippen LogP contribution in [0.5, 0.6) is 0 Å². The first-order chi connectivity index (χ1) is 9.97. The molecule has 0 saturated carbocycles. The molecule has 1 fully saturated rings. The maximum Gasteiger partial charge on any atom is 0.256 e. The molecule has 2 aromatic rings. The van der Waals surface area contributed by atoms with Crippen LogP contribution < -0.4 is 10.4 Å². The van der Waals surface area contributed by atoms with Gasteiger partial charge in [-0.15, -0.1) is 11.3 Å². The van der Waals surface area contributed by atoms with Crippen LogP contribution in [0.15, 0.2) is 35.9 Å². The molecule has 2 heterocycles. The fraction of sp³-hybridized carbons (Fsp3) is 0.143. The van der Waals surface area contributed by atoms with E-state index in [0.717, 1.165) is 11.3 Å². The zero-order valence-corrected chi connectivity index (χ0v) is 13.4. The summed E-state index contributed by atoms with van der Waals surface area (Å²) in [5, 5.41) is 4.85. The number of hydrogen-bond acceptors (Lipinski definition) is 4. The Bertz CT molecular complexity index is 744. The molecule has 3 rings (SSSR count). The first-order valence-electron chi connectivity index (χ1n) is 6.17. The number of nitrogens with one attached hydrogen (secondary N) is 1. The van der Waals surface area contributed by atoms with Crippen molar-refractivity contribution >= 4 is 45.6 Å². The summed E-state index contributed by atoms with van der Waals surface area (Å²) in [4.78, 5) is 16.6. The quantitative estimate of drug-likeness (QED) is 0.895. The lowest BCUT2D eigenvalue weighted by atomic mass is 10.1. The van der Waals surface area contributed by atoms with E-state index in [1.165, 1.54) is 16.3 Å². The van der Waals surface area contributed by atoms with Crippen LogP contribution in [0.3, 0.4) is 0 Å². The van der Waals surface area contributed by atoms with Gasteiger partial charge < -0.3 is 0 Å². The van der Waals surface area contributed by atoms with E-state index in [2.05, 4.69) is 17.0 Å². The highest BCUT2D eigenvalue weighted by molar-refractivity contribution is 7.14. The number of carbonyl (C=O) groups excluding carboxylic acids is 1. The summed E-state index contributed by atoms with van der Waals surface area (Å²) in [6.07, 6.45) is 0. The lowest BCUT2D eigenvalue weighted by Gasteiger charge is -2.11. The Morgan fingerprint density at radius 2 is 2.14 bits per heavy atom. The van der Waals surface area contributed by atoms with Gasteiger partial charge >= 0.3 is 0 Å². The smallest absolute Gasteiger partial charge is 0.256 e. The van der Waals surface area contributed by atoms with Gasteiger partial charge in [0.1, 0.15) is 0 Å². The van der Waals surface area contributed by atoms with Gasteiger partial charge in [-0.1, -0.05) is 35.8 Å². The van der Waals surface area contributed by atoms with Crippen LogP contribution in [-0.2, 0) is 4.79 Å². The number of anilines is 1. The summed E-state index contributed by atoms with van der Waals surface area (Å²) >= 11 is 13.3. The van der Waals surface area contributed by atoms with Gasteiger partial charge in [0.05, 0.1) is 21.7 Å². The average Bonchev–Trinajstić information content (AvgIpc) is 3.03. The van der Waals surface area contributed by atoms with Gasteiger partial charge in [0, 0.05) is 16.6 Å². The van der Waals surface area contributed by atoms with Crippen molar-refractivity contribution < 1.29 is 4.79 Å². The number of hydrazine groups is 1. The molecule has 1 aromatic heterocycles. The van der Waals surface area contributed by atoms with Crippen LogP contribution >= 0.6 is 34.5 Å². The lowest BCUT2D eigenvalue weighted by molar-refractivity contribution is -0.119. The summed E-state index contributed by atoms with van der Waals surface area (Å²) in [5.41, 5.74) is 5.21. The van der Waals surface area contributed by atoms with E-state index in [0.29, 0.717) is 20.9 Å². The minimum atomic E-state index is -0.248. The molecule has 7 heteroatoms. The molecule has 0 unspecified atom stereocenters. The monoisotopic (exact) mass is 339 g/mol. The van der Waals surface area contributed by atoms with E-state index in [4.69, 9.17) is 23.2 Å². The molecule has 1 amide bonds. The summed E-state index contributed by atoms with van der Waals surface area (Å²) in [5.74, 6) is -0.308. The Balaban J connectivity index is 1.92. The molecule has 0 aliphatic carbocycles. The van der Waals surface area contributed by atoms with Crippen molar-refractivity contribution in [2.45, 2.75) is 6.92 Å². The van der Waals surface area contributed by atoms with Crippen LogP contribution in [0.4, 0.5) is 5.13 Å². The predicted molar refractivity (Wildman–Crippen MR) is 86.5 cm³/mol. The zero-order chi connectivity index (χ0) is 15.1. The SMILES string of the molecule is C=C1NN(c2nc(-c3ccc(Cl)c(Cl)c3)cs2)C(=O)[C@@H]1C. The van der Waals surface area contributed by atoms with E-state index in [1.54, 1.807) is 12.1 Å². The topological polar surface area (TPSA) is 45.2 Å². The number of nitrogens with zero attached hydrogens (tertiary/aromatic N) is 2. The molecule has 1 aliphatic rings. The first-order valence-corrected chi connectivity index (χ1v) is 7.81. The number of aromatic nitrogens is 1. The standard InChI is InChI=1S/C14H11Cl2N3OS/c1-7-8(2)18-19(13(7)20)14-17-12(6-21-14)9-3-4-10(15)11(16)5-9/h3-7,18H,2H2,1H3/t7-/m1/s1. The van der Waals surface area contributed by atoms with E-state index in [9.17, 15) is 4.79 Å². The molecular weight excluding hydrogens is 329 g/mol. The zero-order valence-electron chi connectivity index (χ0n) is 11.1. The Labute approximate surface area is 136 Å². The average molecular weight is 340 g/mol. The van der Waals surface area contributed by atoms with E-state index >= 15 is 0 Å². The predicted octanol–water partition coefficient (Wildman–Crippen LogP) is 4.12. The summed E-state index contributed by atoms with van der Waals surface area (Å²) in [7, 11) is 0. The van der Waals surface area contributed by atoms with Crippen molar-refractivity contribution in [2.24, 2.45) is 5.92 Å². The van der Waals surface area contributed by atoms with Crippen molar-refractivity contribution in [3.63, 3.8) is 0 Å². The highest BCUT2D eigenvalue weighted by Crippen LogP contribution is 2.33. The number of rotatable bonds is 2. The van der Waals surface area contributed by atoms with Gasteiger partial charge in [-0.25, -0.2) is 4.98 Å². The third-order valence-electron chi connectivity index (χ3n) is 3.27. The van der Waals surface area contributed by atoms with Crippen LogP contribution in [-0.4, -0.2) is 10.9 Å². The molecule has 1 aromatic carbocycles. The Morgan fingerprint density at radius 3 is 2.76 bits per heavy atom. The van der Waals surface area contributed by atoms with Crippen molar-refractivity contribution in [1.29, 1.82) is 0 Å². The third kappa shape index (κ3) is 2.52. The van der Waals surface area contributed by atoms with E-state index in [-0.39, 0.29) is 11.8 Å². The molecule has 108 valence electrons. The van der Waals surface area contributed by atoms with Crippen molar-refractivity contribution in [3.05, 3.63) is 45.9 Å². The van der Waals surface area contributed by atoms with Gasteiger partial charge in [-0.2, -0.15) is 5.01 Å². The minimum Gasteiger partial charge on any atom is -0.293 e. The van der Waals surface area contributed by atoms with Gasteiger partial charge in [0.2, 0.25) is 5.13 Å². The number of halogens is 2. The summed E-state index contributed by atoms with van der Waals surface area (Å²) in [6, 6.07) is 5.32. The summed E-state index contributed by atoms with van der Waals surface area (Å²) in [6.45, 7) is 5.63.